The largest absolute Gasteiger partial charge is 0.339 e. The highest BCUT2D eigenvalue weighted by molar-refractivity contribution is 6.01. The number of nitrogens with one attached hydrogen (secondary N) is 3. The number of hydrogen-bond donors (Lipinski definition) is 3. The van der Waals surface area contributed by atoms with Crippen LogP contribution in [-0.2, 0) is 4.79 Å². The number of rotatable bonds is 4. The molecule has 2 rings (SSSR count). The third kappa shape index (κ3) is 4.95. The molecule has 0 spiro atoms. The zero-order valence-electron chi connectivity index (χ0n) is 13.9. The van der Waals surface area contributed by atoms with E-state index in [0.717, 1.165) is 16.8 Å². The minimum absolute atomic E-state index is 0.141. The minimum atomic E-state index is -0.415. The fourth-order valence-electron chi connectivity index (χ4n) is 2.09. The van der Waals surface area contributed by atoms with Crippen LogP contribution < -0.4 is 16.1 Å². The van der Waals surface area contributed by atoms with Crippen LogP contribution in [0.1, 0.15) is 25.0 Å². The highest BCUT2D eigenvalue weighted by Crippen LogP contribution is 2.13. The van der Waals surface area contributed by atoms with E-state index in [2.05, 4.69) is 21.2 Å². The number of anilines is 2. The smallest absolute Gasteiger partial charge is 0.326 e. The van der Waals surface area contributed by atoms with Crippen LogP contribution in [0.15, 0.2) is 53.6 Å². The van der Waals surface area contributed by atoms with Crippen molar-refractivity contribution in [3.8, 4) is 0 Å². The topological polar surface area (TPSA) is 82.6 Å². The predicted molar refractivity (Wildman–Crippen MR) is 96.3 cm³/mol. The van der Waals surface area contributed by atoms with Gasteiger partial charge in [0.05, 0.1) is 5.71 Å². The Balaban J connectivity index is 2.02. The van der Waals surface area contributed by atoms with E-state index in [1.807, 2.05) is 43.3 Å². The van der Waals surface area contributed by atoms with Crippen molar-refractivity contribution in [2.75, 3.05) is 10.6 Å². The first-order valence-electron chi connectivity index (χ1n) is 7.50. The van der Waals surface area contributed by atoms with Gasteiger partial charge in [-0.3, -0.25) is 4.79 Å². The maximum absolute atomic E-state index is 11.9. The van der Waals surface area contributed by atoms with Gasteiger partial charge in [-0.25, -0.2) is 10.2 Å². The van der Waals surface area contributed by atoms with Crippen LogP contribution in [0.3, 0.4) is 0 Å². The average molecular weight is 324 g/mol. The number of carbonyl (C=O) groups excluding carboxylic acids is 2. The summed E-state index contributed by atoms with van der Waals surface area (Å²) in [6, 6.07) is 14.3. The molecule has 2 aromatic rings. The second-order valence-electron chi connectivity index (χ2n) is 5.34. The minimum Gasteiger partial charge on any atom is -0.326 e. The number of hydrogen-bond acceptors (Lipinski definition) is 3. The summed E-state index contributed by atoms with van der Waals surface area (Å²) in [7, 11) is 0. The van der Waals surface area contributed by atoms with Crippen molar-refractivity contribution in [1.29, 1.82) is 0 Å². The maximum Gasteiger partial charge on any atom is 0.339 e. The molecule has 0 unspecified atom stereocenters. The maximum atomic E-state index is 11.9. The Morgan fingerprint density at radius 3 is 2.42 bits per heavy atom. The van der Waals surface area contributed by atoms with Crippen molar-refractivity contribution < 1.29 is 9.59 Å². The molecule has 0 aliphatic carbocycles. The van der Waals surface area contributed by atoms with Crippen molar-refractivity contribution >= 4 is 29.0 Å². The van der Waals surface area contributed by atoms with E-state index in [0.29, 0.717) is 11.4 Å². The summed E-state index contributed by atoms with van der Waals surface area (Å²) in [5.41, 5.74) is 6.28. The van der Waals surface area contributed by atoms with Crippen molar-refractivity contribution in [2.24, 2.45) is 5.10 Å². The average Bonchev–Trinajstić information content (AvgIpc) is 2.54. The molecule has 0 saturated heterocycles. The fourth-order valence-corrected chi connectivity index (χ4v) is 2.09. The standard InChI is InChI=1S/C18H20N4O2/c1-12-7-4-5-10-17(12)20-18(24)22-21-13(2)15-8-6-9-16(11-15)19-14(3)23/h4-11H,1-3H3,(H,19,23)(H2,20,22,24). The van der Waals surface area contributed by atoms with Crippen LogP contribution in [0.4, 0.5) is 16.2 Å². The van der Waals surface area contributed by atoms with Crippen molar-refractivity contribution in [2.45, 2.75) is 20.8 Å². The second kappa shape index (κ2) is 7.92. The van der Waals surface area contributed by atoms with E-state index in [1.165, 1.54) is 6.92 Å². The number of benzene rings is 2. The number of hydrazone groups is 1. The summed E-state index contributed by atoms with van der Waals surface area (Å²) in [4.78, 5) is 23.0. The predicted octanol–water partition coefficient (Wildman–Crippen LogP) is 3.50. The van der Waals surface area contributed by atoms with Crippen LogP contribution in [0, 0.1) is 6.92 Å². The van der Waals surface area contributed by atoms with E-state index in [-0.39, 0.29) is 5.91 Å². The summed E-state index contributed by atoms with van der Waals surface area (Å²) in [6.45, 7) is 5.14. The molecule has 0 atom stereocenters. The molecule has 124 valence electrons. The quantitative estimate of drug-likeness (QED) is 0.594. The monoisotopic (exact) mass is 324 g/mol. The normalized spacial score (nSPS) is 10.9. The third-order valence-electron chi connectivity index (χ3n) is 3.32. The van der Waals surface area contributed by atoms with Gasteiger partial charge in [-0.05, 0) is 43.2 Å². The first-order valence-corrected chi connectivity index (χ1v) is 7.50. The Hall–Kier alpha value is -3.15. The Bertz CT molecular complexity index is 784. The molecule has 2 aromatic carbocycles. The molecule has 3 N–H and O–H groups in total. The number of para-hydroxylation sites is 1. The lowest BCUT2D eigenvalue weighted by Gasteiger charge is -2.08. The van der Waals surface area contributed by atoms with Crippen LogP contribution >= 0.6 is 0 Å². The van der Waals surface area contributed by atoms with Crippen LogP contribution in [-0.4, -0.2) is 17.6 Å². The first kappa shape index (κ1) is 17.2. The highest BCUT2D eigenvalue weighted by Gasteiger charge is 2.04. The van der Waals surface area contributed by atoms with Gasteiger partial charge in [0.2, 0.25) is 5.91 Å². The molecule has 0 radical (unpaired) electrons. The third-order valence-corrected chi connectivity index (χ3v) is 3.32. The summed E-state index contributed by atoms with van der Waals surface area (Å²) in [6.07, 6.45) is 0. The first-order chi connectivity index (χ1) is 11.5. The molecular weight excluding hydrogens is 304 g/mol. The van der Waals surface area contributed by atoms with E-state index < -0.39 is 6.03 Å². The molecule has 0 heterocycles. The fraction of sp³-hybridized carbons (Fsp3) is 0.167. The lowest BCUT2D eigenvalue weighted by Crippen LogP contribution is -2.25. The summed E-state index contributed by atoms with van der Waals surface area (Å²) in [5, 5.41) is 9.53. The van der Waals surface area contributed by atoms with E-state index in [9.17, 15) is 9.59 Å². The van der Waals surface area contributed by atoms with Crippen molar-refractivity contribution in [1.82, 2.24) is 5.43 Å². The summed E-state index contributed by atoms with van der Waals surface area (Å²) >= 11 is 0. The number of nitrogens with zero attached hydrogens (tertiary/aromatic N) is 1. The van der Waals surface area contributed by atoms with Gasteiger partial charge >= 0.3 is 6.03 Å². The molecule has 0 aromatic heterocycles. The SMILES string of the molecule is CC(=O)Nc1cccc(C(C)=NNC(=O)Nc2ccccc2C)c1. The molecule has 0 aliphatic rings. The van der Waals surface area contributed by atoms with Gasteiger partial charge in [0, 0.05) is 18.3 Å². The zero-order chi connectivity index (χ0) is 17.5. The molecule has 6 heteroatoms. The van der Waals surface area contributed by atoms with Crippen molar-refractivity contribution in [3.05, 3.63) is 59.7 Å². The molecular formula is C18H20N4O2. The van der Waals surface area contributed by atoms with Gasteiger partial charge in [-0.15, -0.1) is 0 Å². The van der Waals surface area contributed by atoms with Crippen molar-refractivity contribution in [3.63, 3.8) is 0 Å². The summed E-state index contributed by atoms with van der Waals surface area (Å²) < 4.78 is 0. The van der Waals surface area contributed by atoms with Crippen LogP contribution in [0.5, 0.6) is 0 Å². The number of amides is 3. The number of urea groups is 1. The Morgan fingerprint density at radius 1 is 0.958 bits per heavy atom. The van der Waals surface area contributed by atoms with E-state index in [1.54, 1.807) is 19.1 Å². The van der Waals surface area contributed by atoms with Gasteiger partial charge < -0.3 is 10.6 Å². The highest BCUT2D eigenvalue weighted by atomic mass is 16.2. The van der Waals surface area contributed by atoms with Gasteiger partial charge in [-0.1, -0.05) is 30.3 Å². The molecule has 0 saturated carbocycles. The lowest BCUT2D eigenvalue weighted by molar-refractivity contribution is -0.114. The molecule has 3 amide bonds. The zero-order valence-corrected chi connectivity index (χ0v) is 13.9. The van der Waals surface area contributed by atoms with E-state index >= 15 is 0 Å². The molecule has 0 aliphatic heterocycles. The lowest BCUT2D eigenvalue weighted by atomic mass is 10.1. The summed E-state index contributed by atoms with van der Waals surface area (Å²) in [5.74, 6) is -0.141. The second-order valence-corrected chi connectivity index (χ2v) is 5.34. The Morgan fingerprint density at radius 2 is 1.71 bits per heavy atom. The van der Waals surface area contributed by atoms with Gasteiger partial charge in [0.1, 0.15) is 0 Å². The molecule has 0 bridgehead atoms. The van der Waals surface area contributed by atoms with Gasteiger partial charge in [0.15, 0.2) is 0 Å². The van der Waals surface area contributed by atoms with Gasteiger partial charge in [0.25, 0.3) is 0 Å². The van der Waals surface area contributed by atoms with Crippen LogP contribution in [0.25, 0.3) is 0 Å². The molecule has 6 nitrogen and oxygen atoms in total. The molecule has 0 fully saturated rings. The van der Waals surface area contributed by atoms with Gasteiger partial charge in [-0.2, -0.15) is 5.10 Å². The number of carbonyl (C=O) groups is 2. The molecule has 24 heavy (non-hydrogen) atoms. The number of aryl methyl sites for hydroxylation is 1. The van der Waals surface area contributed by atoms with E-state index in [4.69, 9.17) is 0 Å². The van der Waals surface area contributed by atoms with Crippen LogP contribution in [0.2, 0.25) is 0 Å². The Labute approximate surface area is 141 Å². The Kier molecular flexibility index (Phi) is 5.68.